The standard InChI is InChI=1S/C2H2N2S.O2/c1-2-5-4-3-1;1-2/h1-2H;. The van der Waals surface area contributed by atoms with E-state index in [-0.39, 0.29) is 0 Å². The average molecular weight is 118 g/mol. The van der Waals surface area contributed by atoms with E-state index in [1.54, 1.807) is 6.20 Å². The molecule has 0 radical (unpaired) electrons. The highest BCUT2D eigenvalue weighted by atomic mass is 32.1. The fraction of sp³-hybridized carbons (Fsp3) is 0. The van der Waals surface area contributed by atoms with Crippen LogP contribution in [-0.4, -0.2) is 9.59 Å². The molecule has 0 amide bonds. The van der Waals surface area contributed by atoms with Gasteiger partial charge in [-0.05, 0) is 11.5 Å². The lowest BCUT2D eigenvalue weighted by Crippen LogP contribution is -1.51. The van der Waals surface area contributed by atoms with Crippen LogP contribution in [0.2, 0.25) is 0 Å². The summed E-state index contributed by atoms with van der Waals surface area (Å²) in [6.45, 7) is 0. The third-order valence-electron chi connectivity index (χ3n) is 0.283. The highest BCUT2D eigenvalue weighted by molar-refractivity contribution is 7.03. The highest BCUT2D eigenvalue weighted by Gasteiger charge is 1.61. The first kappa shape index (κ1) is 6.16. The van der Waals surface area contributed by atoms with Crippen molar-refractivity contribution in [1.29, 1.82) is 0 Å². The summed E-state index contributed by atoms with van der Waals surface area (Å²) >= 11 is 1.35. The molecule has 0 aliphatic carbocycles. The Morgan fingerprint density at radius 3 is 2.29 bits per heavy atom. The molecule has 7 heavy (non-hydrogen) atoms. The molecule has 1 rings (SSSR count). The first-order chi connectivity index (χ1) is 3.50. The minimum atomic E-state index is 1.35. The van der Waals surface area contributed by atoms with Gasteiger partial charge in [0.2, 0.25) is 0 Å². The number of rotatable bonds is 0. The van der Waals surface area contributed by atoms with Crippen LogP contribution >= 0.6 is 11.5 Å². The SMILES string of the molecule is O=O.c1csnn1. The second kappa shape index (κ2) is 5.16. The average Bonchev–Trinajstić information content (AvgIpc) is 2.23. The zero-order chi connectivity index (χ0) is 5.54. The third-order valence-corrected chi connectivity index (χ3v) is 0.715. The molecular weight excluding hydrogens is 116 g/mol. The summed E-state index contributed by atoms with van der Waals surface area (Å²) < 4.78 is 3.51. The summed E-state index contributed by atoms with van der Waals surface area (Å²) in [4.78, 5) is 14.0. The van der Waals surface area contributed by atoms with E-state index in [4.69, 9.17) is 9.93 Å². The molecule has 1 aromatic rings. The summed E-state index contributed by atoms with van der Waals surface area (Å²) in [5.41, 5.74) is 0. The van der Waals surface area contributed by atoms with Gasteiger partial charge < -0.3 is 0 Å². The van der Waals surface area contributed by atoms with Crippen LogP contribution in [0.25, 0.3) is 0 Å². The van der Waals surface area contributed by atoms with Gasteiger partial charge in [-0.2, -0.15) is 0 Å². The minimum Gasteiger partial charge on any atom is -0.147 e. The van der Waals surface area contributed by atoms with Gasteiger partial charge in [-0.15, -0.1) is 5.10 Å². The van der Waals surface area contributed by atoms with Gasteiger partial charge in [0.1, 0.15) is 0 Å². The van der Waals surface area contributed by atoms with Crippen molar-refractivity contribution in [1.82, 2.24) is 9.59 Å². The Morgan fingerprint density at radius 2 is 2.14 bits per heavy atom. The second-order valence-electron chi connectivity index (χ2n) is 0.588. The van der Waals surface area contributed by atoms with Crippen molar-refractivity contribution in [2.75, 3.05) is 0 Å². The van der Waals surface area contributed by atoms with E-state index in [9.17, 15) is 0 Å². The zero-order valence-electron chi connectivity index (χ0n) is 3.27. The number of aromatic nitrogens is 2. The molecule has 1 heterocycles. The second-order valence-corrected chi connectivity index (χ2v) is 1.23. The van der Waals surface area contributed by atoms with E-state index < -0.39 is 0 Å². The van der Waals surface area contributed by atoms with Gasteiger partial charge >= 0.3 is 0 Å². The van der Waals surface area contributed by atoms with E-state index in [0.717, 1.165) is 0 Å². The van der Waals surface area contributed by atoms with E-state index in [0.29, 0.717) is 0 Å². The Labute approximate surface area is 43.6 Å². The third kappa shape index (κ3) is 2.98. The Morgan fingerprint density at radius 1 is 1.43 bits per heavy atom. The lowest BCUT2D eigenvalue weighted by Gasteiger charge is -1.40. The Hall–Kier alpha value is -0.840. The normalized spacial score (nSPS) is 6.29. The quantitative estimate of drug-likeness (QED) is 0.500. The van der Waals surface area contributed by atoms with Crippen molar-refractivity contribution in [2.24, 2.45) is 0 Å². The van der Waals surface area contributed by atoms with Crippen molar-refractivity contribution >= 4 is 11.5 Å². The van der Waals surface area contributed by atoms with Crippen LogP contribution in [0.4, 0.5) is 0 Å². The van der Waals surface area contributed by atoms with Gasteiger partial charge in [0, 0.05) is 15.3 Å². The summed E-state index contributed by atoms with van der Waals surface area (Å²) in [5, 5.41) is 5.31. The smallest absolute Gasteiger partial charge is 0.0620 e. The maximum Gasteiger partial charge on any atom is 0.0620 e. The van der Waals surface area contributed by atoms with Crippen molar-refractivity contribution in [3.63, 3.8) is 0 Å². The van der Waals surface area contributed by atoms with Gasteiger partial charge in [0.05, 0.1) is 6.20 Å². The van der Waals surface area contributed by atoms with Gasteiger partial charge in [0.15, 0.2) is 0 Å². The number of hydrogen-bond acceptors (Lipinski definition) is 5. The van der Waals surface area contributed by atoms with Crippen LogP contribution < -0.4 is 0 Å². The lowest BCUT2D eigenvalue weighted by atomic mass is 11.1. The molecule has 0 saturated carbocycles. The van der Waals surface area contributed by atoms with Crippen molar-refractivity contribution < 1.29 is 0 Å². The Kier molecular flexibility index (Phi) is 4.54. The molecule has 0 atom stereocenters. The molecule has 0 aromatic carbocycles. The van der Waals surface area contributed by atoms with Crippen molar-refractivity contribution in [2.45, 2.75) is 0 Å². The topological polar surface area (TPSA) is 59.9 Å². The molecule has 0 unspecified atom stereocenters. The molecule has 0 bridgehead atoms. The predicted octanol–water partition coefficient (Wildman–Crippen LogP) is 0.605. The van der Waals surface area contributed by atoms with E-state index >= 15 is 0 Å². The van der Waals surface area contributed by atoms with Crippen LogP contribution in [-0.2, 0) is 0 Å². The van der Waals surface area contributed by atoms with E-state index in [2.05, 4.69) is 9.59 Å². The van der Waals surface area contributed by atoms with E-state index in [1.807, 2.05) is 5.38 Å². The maximum absolute atomic E-state index is 7.00. The minimum absolute atomic E-state index is 1.35. The van der Waals surface area contributed by atoms with Gasteiger partial charge in [-0.1, -0.05) is 4.49 Å². The summed E-state index contributed by atoms with van der Waals surface area (Å²) in [6.07, 6.45) is 1.66. The maximum atomic E-state index is 7.00. The molecule has 1 aromatic heterocycles. The highest BCUT2D eigenvalue weighted by Crippen LogP contribution is 1.78. The molecule has 0 fully saturated rings. The molecule has 4 nitrogen and oxygen atoms in total. The molecule has 0 N–H and O–H groups in total. The fourth-order valence-corrected chi connectivity index (χ4v) is 0.408. The van der Waals surface area contributed by atoms with E-state index in [1.165, 1.54) is 11.5 Å². The lowest BCUT2D eigenvalue weighted by molar-refractivity contribution is 1.16. The van der Waals surface area contributed by atoms with Gasteiger partial charge in [0.25, 0.3) is 0 Å². The first-order valence-electron chi connectivity index (χ1n) is 1.38. The Balaban J connectivity index is 0.000000162. The molecule has 0 saturated heterocycles. The van der Waals surface area contributed by atoms with Crippen LogP contribution in [0.3, 0.4) is 0 Å². The predicted molar refractivity (Wildman–Crippen MR) is 26.6 cm³/mol. The van der Waals surface area contributed by atoms with Gasteiger partial charge in [-0.3, -0.25) is 0 Å². The zero-order valence-corrected chi connectivity index (χ0v) is 4.09. The monoisotopic (exact) mass is 118 g/mol. The van der Waals surface area contributed by atoms with Crippen LogP contribution in [0.1, 0.15) is 0 Å². The molecule has 0 spiro atoms. The fourth-order valence-electron chi connectivity index (χ4n) is 0.136. The molecule has 0 aliphatic heterocycles. The van der Waals surface area contributed by atoms with Crippen molar-refractivity contribution in [3.8, 4) is 0 Å². The van der Waals surface area contributed by atoms with Crippen LogP contribution in [0.15, 0.2) is 11.6 Å². The Bertz CT molecular complexity index is 80.6. The van der Waals surface area contributed by atoms with Crippen LogP contribution in [0.5, 0.6) is 0 Å². The van der Waals surface area contributed by atoms with Crippen LogP contribution in [0, 0.1) is 9.93 Å². The summed E-state index contributed by atoms with van der Waals surface area (Å²) in [5.74, 6) is 0. The van der Waals surface area contributed by atoms with Crippen molar-refractivity contribution in [3.05, 3.63) is 21.5 Å². The number of hydrogen-bond donors (Lipinski definition) is 0. The molecule has 0 aliphatic rings. The number of nitrogens with zero attached hydrogens (tertiary/aromatic N) is 2. The molecular formula is C2H2N2O2S. The molecule has 38 valence electrons. The summed E-state index contributed by atoms with van der Waals surface area (Å²) in [6, 6.07) is 0. The van der Waals surface area contributed by atoms with Gasteiger partial charge in [-0.25, -0.2) is 0 Å². The molecule has 5 heteroatoms. The largest absolute Gasteiger partial charge is 0.147 e. The first-order valence-corrected chi connectivity index (χ1v) is 2.21. The summed E-state index contributed by atoms with van der Waals surface area (Å²) in [7, 11) is 0.